The van der Waals surface area contributed by atoms with Crippen molar-refractivity contribution in [3.63, 3.8) is 0 Å². The van der Waals surface area contributed by atoms with E-state index in [1.165, 1.54) is 23.5 Å². The molecule has 160 valence electrons. The highest BCUT2D eigenvalue weighted by Crippen LogP contribution is 2.35. The number of rotatable bonds is 5. The first kappa shape index (κ1) is 21.6. The molecule has 8 heteroatoms. The number of amides is 1. The lowest BCUT2D eigenvalue weighted by molar-refractivity contribution is -0.137. The van der Waals surface area contributed by atoms with Crippen LogP contribution >= 0.6 is 27.3 Å². The molecule has 4 rings (SSSR count). The molecule has 0 saturated carbocycles. The number of hydrogen-bond acceptors (Lipinski definition) is 2. The molecule has 0 N–H and O–H groups in total. The number of alkyl halides is 3. The van der Waals surface area contributed by atoms with E-state index in [1.807, 2.05) is 46.3 Å². The highest BCUT2D eigenvalue weighted by atomic mass is 79.9. The molecule has 0 unspecified atom stereocenters. The molecule has 0 atom stereocenters. The number of nitrogens with zero attached hydrogens (tertiary/aromatic N) is 2. The predicted molar refractivity (Wildman–Crippen MR) is 120 cm³/mol. The van der Waals surface area contributed by atoms with E-state index in [2.05, 4.69) is 15.9 Å². The number of hydrogen-bond donors (Lipinski definition) is 0. The topological polar surface area (TPSA) is 25.2 Å². The fraction of sp³-hybridized carbons (Fsp3) is 0.174. The lowest BCUT2D eigenvalue weighted by Gasteiger charge is -2.19. The molecule has 0 aliphatic carbocycles. The second kappa shape index (κ2) is 8.51. The van der Waals surface area contributed by atoms with E-state index < -0.39 is 11.7 Å². The van der Waals surface area contributed by atoms with Gasteiger partial charge in [0.2, 0.25) is 0 Å². The Hall–Kier alpha value is -2.58. The quantitative estimate of drug-likeness (QED) is 0.292. The Kier molecular flexibility index (Phi) is 5.94. The lowest BCUT2D eigenvalue weighted by Crippen LogP contribution is -2.28. The van der Waals surface area contributed by atoms with Gasteiger partial charge in [0, 0.05) is 25.5 Å². The second-order valence-electron chi connectivity index (χ2n) is 7.25. The molecule has 0 aliphatic heterocycles. The fourth-order valence-corrected chi connectivity index (χ4v) is 5.17. The molecule has 2 aromatic carbocycles. The first-order valence-corrected chi connectivity index (χ1v) is 11.1. The minimum atomic E-state index is -4.38. The zero-order valence-corrected chi connectivity index (χ0v) is 18.9. The van der Waals surface area contributed by atoms with Crippen LogP contribution in [-0.4, -0.2) is 22.4 Å². The number of benzene rings is 2. The third-order valence-corrected chi connectivity index (χ3v) is 6.85. The summed E-state index contributed by atoms with van der Waals surface area (Å²) in [4.78, 5) is 14.9. The van der Waals surface area contributed by atoms with Crippen molar-refractivity contribution in [1.29, 1.82) is 0 Å². The zero-order valence-electron chi connectivity index (χ0n) is 16.5. The molecule has 0 bridgehead atoms. The number of halogens is 4. The first-order valence-electron chi connectivity index (χ1n) is 9.46. The smallest absolute Gasteiger partial charge is 0.336 e. The van der Waals surface area contributed by atoms with Crippen molar-refractivity contribution >= 4 is 43.4 Å². The molecule has 2 heterocycles. The van der Waals surface area contributed by atoms with Crippen LogP contribution in [0.2, 0.25) is 0 Å². The number of thiophene rings is 1. The average molecular weight is 507 g/mol. The number of aromatic nitrogens is 1. The van der Waals surface area contributed by atoms with E-state index in [0.717, 1.165) is 32.4 Å². The summed E-state index contributed by atoms with van der Waals surface area (Å²) in [6.07, 6.45) is -4.38. The van der Waals surface area contributed by atoms with Gasteiger partial charge in [-0.15, -0.1) is 11.3 Å². The van der Waals surface area contributed by atoms with Crippen molar-refractivity contribution < 1.29 is 18.0 Å². The van der Waals surface area contributed by atoms with E-state index in [9.17, 15) is 18.0 Å². The van der Waals surface area contributed by atoms with Gasteiger partial charge in [-0.05, 0) is 45.3 Å². The van der Waals surface area contributed by atoms with Crippen molar-refractivity contribution in [2.75, 3.05) is 7.05 Å². The molecule has 0 spiro atoms. The molecule has 1 amide bonds. The summed E-state index contributed by atoms with van der Waals surface area (Å²) in [5.74, 6) is -0.147. The van der Waals surface area contributed by atoms with Crippen LogP contribution in [0.15, 0.2) is 70.5 Å². The highest BCUT2D eigenvalue weighted by Gasteiger charge is 2.30. The fourth-order valence-electron chi connectivity index (χ4n) is 3.48. The number of carbonyl (C=O) groups is 1. The molecule has 2 aromatic heterocycles. The number of fused-ring (bicyclic) bond motifs is 1. The van der Waals surface area contributed by atoms with Crippen LogP contribution < -0.4 is 0 Å². The van der Waals surface area contributed by atoms with Crippen LogP contribution in [-0.2, 0) is 19.3 Å². The van der Waals surface area contributed by atoms with Crippen molar-refractivity contribution in [2.45, 2.75) is 19.3 Å². The molecule has 4 aromatic rings. The monoisotopic (exact) mass is 506 g/mol. The van der Waals surface area contributed by atoms with Gasteiger partial charge in [-0.25, -0.2) is 0 Å². The van der Waals surface area contributed by atoms with E-state index in [0.29, 0.717) is 17.8 Å². The summed E-state index contributed by atoms with van der Waals surface area (Å²) in [7, 11) is 1.74. The van der Waals surface area contributed by atoms with E-state index >= 15 is 0 Å². The maximum absolute atomic E-state index is 13.3. The molecule has 0 saturated heterocycles. The van der Waals surface area contributed by atoms with Crippen LogP contribution in [0, 0.1) is 0 Å². The van der Waals surface area contributed by atoms with E-state index in [-0.39, 0.29) is 12.5 Å². The van der Waals surface area contributed by atoms with Crippen LogP contribution in [0.1, 0.15) is 27.2 Å². The summed E-state index contributed by atoms with van der Waals surface area (Å²) in [6.45, 7) is 0.747. The van der Waals surface area contributed by atoms with E-state index in [1.54, 1.807) is 11.9 Å². The predicted octanol–water partition coefficient (Wildman–Crippen LogP) is 6.80. The van der Waals surface area contributed by atoms with Crippen LogP contribution in [0.25, 0.3) is 10.2 Å². The molecule has 0 fully saturated rings. The highest BCUT2D eigenvalue weighted by molar-refractivity contribution is 9.10. The third-order valence-electron chi connectivity index (χ3n) is 5.03. The average Bonchev–Trinajstić information content (AvgIpc) is 3.28. The van der Waals surface area contributed by atoms with Gasteiger partial charge in [0.25, 0.3) is 5.91 Å². The van der Waals surface area contributed by atoms with Crippen molar-refractivity contribution in [2.24, 2.45) is 0 Å². The van der Waals surface area contributed by atoms with Gasteiger partial charge >= 0.3 is 6.18 Å². The summed E-state index contributed by atoms with van der Waals surface area (Å²) in [6, 6.07) is 16.6. The molecule has 3 nitrogen and oxygen atoms in total. The Morgan fingerprint density at radius 3 is 2.39 bits per heavy atom. The van der Waals surface area contributed by atoms with Gasteiger partial charge in [-0.1, -0.05) is 42.5 Å². The van der Waals surface area contributed by atoms with Crippen molar-refractivity contribution in [1.82, 2.24) is 9.47 Å². The minimum Gasteiger partial charge on any atom is -0.336 e. The minimum absolute atomic E-state index is 0.147. The van der Waals surface area contributed by atoms with Gasteiger partial charge in [0.1, 0.15) is 5.69 Å². The zero-order chi connectivity index (χ0) is 22.2. The molecular weight excluding hydrogens is 489 g/mol. The van der Waals surface area contributed by atoms with Gasteiger partial charge in [0.05, 0.1) is 20.3 Å². The largest absolute Gasteiger partial charge is 0.416 e. The molecule has 0 aliphatic rings. The summed E-state index contributed by atoms with van der Waals surface area (Å²) in [5.41, 5.74) is 2.37. The van der Waals surface area contributed by atoms with Crippen LogP contribution in [0.5, 0.6) is 0 Å². The van der Waals surface area contributed by atoms with Crippen LogP contribution in [0.4, 0.5) is 13.2 Å². The van der Waals surface area contributed by atoms with Crippen LogP contribution in [0.3, 0.4) is 0 Å². The number of carbonyl (C=O) groups excluding carboxylic acids is 1. The van der Waals surface area contributed by atoms with Crippen molar-refractivity contribution in [3.05, 3.63) is 92.9 Å². The Morgan fingerprint density at radius 2 is 1.74 bits per heavy atom. The van der Waals surface area contributed by atoms with E-state index in [4.69, 9.17) is 0 Å². The van der Waals surface area contributed by atoms with Gasteiger partial charge in [0.15, 0.2) is 0 Å². The SMILES string of the molecule is CN(Cc1ccccc1)C(=O)c1cc2scc(Br)c2n1Cc1ccc(C(F)(F)F)cc1. The lowest BCUT2D eigenvalue weighted by atomic mass is 10.1. The third kappa shape index (κ3) is 4.55. The first-order chi connectivity index (χ1) is 14.7. The maximum atomic E-state index is 13.3. The Morgan fingerprint density at radius 1 is 1.06 bits per heavy atom. The standard InChI is InChI=1S/C23H18BrF3N2OS/c1-28(12-15-5-3-2-4-6-15)22(30)19-11-20-21(18(24)14-31-20)29(19)13-16-7-9-17(10-8-16)23(25,26)27/h2-11,14H,12-13H2,1H3. The molecule has 31 heavy (non-hydrogen) atoms. The van der Waals surface area contributed by atoms with Gasteiger partial charge in [-0.2, -0.15) is 13.2 Å². The van der Waals surface area contributed by atoms with Gasteiger partial charge in [-0.3, -0.25) is 4.79 Å². The Balaban J connectivity index is 1.67. The second-order valence-corrected chi connectivity index (χ2v) is 9.02. The molecular formula is C23H18BrF3N2OS. The summed E-state index contributed by atoms with van der Waals surface area (Å²) < 4.78 is 42.3. The maximum Gasteiger partial charge on any atom is 0.416 e. The normalized spacial score (nSPS) is 11.8. The Labute approximate surface area is 189 Å². The Bertz CT molecular complexity index is 1210. The summed E-state index contributed by atoms with van der Waals surface area (Å²) in [5, 5.41) is 1.94. The molecule has 0 radical (unpaired) electrons. The summed E-state index contributed by atoms with van der Waals surface area (Å²) >= 11 is 5.05. The van der Waals surface area contributed by atoms with Crippen molar-refractivity contribution in [3.8, 4) is 0 Å². The van der Waals surface area contributed by atoms with Gasteiger partial charge < -0.3 is 9.47 Å².